The molecule has 0 aromatic heterocycles. The molecule has 1 fully saturated rings. The molecule has 0 radical (unpaired) electrons. The van der Waals surface area contributed by atoms with E-state index in [-0.39, 0.29) is 17.6 Å². The van der Waals surface area contributed by atoms with Crippen LogP contribution in [0.4, 0.5) is 5.69 Å². The van der Waals surface area contributed by atoms with Crippen molar-refractivity contribution in [2.24, 2.45) is 0 Å². The summed E-state index contributed by atoms with van der Waals surface area (Å²) in [5.41, 5.74) is 1.63. The predicted octanol–water partition coefficient (Wildman–Crippen LogP) is 1.11. The summed E-state index contributed by atoms with van der Waals surface area (Å²) in [6.45, 7) is 4.22. The molecule has 2 amide bonds. The van der Waals surface area contributed by atoms with Gasteiger partial charge in [0.05, 0.1) is 11.3 Å². The molecule has 3 rings (SSSR count). The molecular weight excluding hydrogens is 232 g/mol. The van der Waals surface area contributed by atoms with Crippen LogP contribution < -0.4 is 5.32 Å². The van der Waals surface area contributed by atoms with Crippen LogP contribution in [-0.4, -0.2) is 34.4 Å². The lowest BCUT2D eigenvalue weighted by atomic mass is 10.1. The molecule has 0 aliphatic carbocycles. The van der Waals surface area contributed by atoms with E-state index in [1.54, 1.807) is 0 Å². The van der Waals surface area contributed by atoms with Crippen molar-refractivity contribution in [3.63, 3.8) is 0 Å². The lowest BCUT2D eigenvalue weighted by Gasteiger charge is -2.19. The molecule has 5 heteroatoms. The quantitative estimate of drug-likeness (QED) is 0.530. The molecule has 18 heavy (non-hydrogen) atoms. The number of nitrogens with zero attached hydrogens (tertiary/aromatic N) is 1. The fraction of sp³-hybridized carbons (Fsp3) is 0.231. The number of phenols is 1. The van der Waals surface area contributed by atoms with Crippen molar-refractivity contribution >= 4 is 17.5 Å². The molecule has 5 nitrogen and oxygen atoms in total. The van der Waals surface area contributed by atoms with Crippen LogP contribution in [0.1, 0.15) is 16.8 Å². The van der Waals surface area contributed by atoms with Crippen molar-refractivity contribution in [1.29, 1.82) is 0 Å². The minimum atomic E-state index is -0.487. The van der Waals surface area contributed by atoms with E-state index in [9.17, 15) is 14.7 Å². The van der Waals surface area contributed by atoms with Crippen LogP contribution in [0.25, 0.3) is 0 Å². The Morgan fingerprint density at radius 2 is 2.17 bits per heavy atom. The average molecular weight is 244 g/mol. The predicted molar refractivity (Wildman–Crippen MR) is 65.3 cm³/mol. The van der Waals surface area contributed by atoms with Crippen molar-refractivity contribution < 1.29 is 14.7 Å². The van der Waals surface area contributed by atoms with Gasteiger partial charge in [-0.3, -0.25) is 9.59 Å². The fourth-order valence-corrected chi connectivity index (χ4v) is 2.44. The Bertz CT molecular complexity index is 580. The zero-order valence-electron chi connectivity index (χ0n) is 9.64. The van der Waals surface area contributed by atoms with Gasteiger partial charge < -0.3 is 15.3 Å². The van der Waals surface area contributed by atoms with Gasteiger partial charge in [0, 0.05) is 6.54 Å². The highest BCUT2D eigenvalue weighted by Crippen LogP contribution is 2.31. The number of carbonyl (C=O) groups excluding carboxylic acids is 2. The Balaban J connectivity index is 2.12. The van der Waals surface area contributed by atoms with Crippen molar-refractivity contribution in [1.82, 2.24) is 4.90 Å². The van der Waals surface area contributed by atoms with Crippen molar-refractivity contribution in [3.8, 4) is 5.75 Å². The first-order valence-electron chi connectivity index (χ1n) is 5.68. The second-order valence-corrected chi connectivity index (χ2v) is 4.62. The average Bonchev–Trinajstić information content (AvgIpc) is 2.69. The third kappa shape index (κ3) is 1.48. The Morgan fingerprint density at radius 3 is 2.94 bits per heavy atom. The SMILES string of the molecule is C=C1C[C@H]2C(=O)Nc3ccc(O)cc3C(=O)N2C1. The van der Waals surface area contributed by atoms with Crippen molar-refractivity contribution in [3.05, 3.63) is 35.9 Å². The standard InChI is InChI=1S/C13H12N2O3/c1-7-4-11-12(17)14-10-3-2-8(16)5-9(10)13(18)15(11)6-7/h2-3,5,11,16H,1,4,6H2,(H,14,17)/t11-/m0/s1. The Kier molecular flexibility index (Phi) is 2.16. The number of benzene rings is 1. The number of rotatable bonds is 0. The monoisotopic (exact) mass is 244 g/mol. The molecule has 0 unspecified atom stereocenters. The molecule has 1 aromatic carbocycles. The molecular formula is C13H12N2O3. The minimum Gasteiger partial charge on any atom is -0.508 e. The highest BCUT2D eigenvalue weighted by atomic mass is 16.3. The summed E-state index contributed by atoms with van der Waals surface area (Å²) >= 11 is 0. The normalized spacial score (nSPS) is 22.3. The summed E-state index contributed by atoms with van der Waals surface area (Å²) in [5.74, 6) is -0.442. The summed E-state index contributed by atoms with van der Waals surface area (Å²) in [4.78, 5) is 25.9. The van der Waals surface area contributed by atoms with Gasteiger partial charge in [0.1, 0.15) is 11.8 Å². The van der Waals surface area contributed by atoms with E-state index in [1.807, 2.05) is 0 Å². The van der Waals surface area contributed by atoms with Gasteiger partial charge in [-0.2, -0.15) is 0 Å². The number of hydrogen-bond donors (Lipinski definition) is 2. The fourth-order valence-electron chi connectivity index (χ4n) is 2.44. The smallest absolute Gasteiger partial charge is 0.257 e. The van der Waals surface area contributed by atoms with E-state index in [0.717, 1.165) is 5.57 Å². The van der Waals surface area contributed by atoms with E-state index in [1.165, 1.54) is 23.1 Å². The maximum absolute atomic E-state index is 12.3. The first-order chi connectivity index (χ1) is 8.56. The van der Waals surface area contributed by atoms with E-state index in [2.05, 4.69) is 11.9 Å². The summed E-state index contributed by atoms with van der Waals surface area (Å²) in [6.07, 6.45) is 0.498. The Hall–Kier alpha value is -2.30. The number of nitrogens with one attached hydrogen (secondary N) is 1. The van der Waals surface area contributed by atoms with E-state index >= 15 is 0 Å². The van der Waals surface area contributed by atoms with Crippen LogP contribution in [0.2, 0.25) is 0 Å². The highest BCUT2D eigenvalue weighted by Gasteiger charge is 2.39. The second-order valence-electron chi connectivity index (χ2n) is 4.62. The molecule has 1 saturated heterocycles. The van der Waals surface area contributed by atoms with Gasteiger partial charge in [0.2, 0.25) is 5.91 Å². The van der Waals surface area contributed by atoms with Crippen LogP contribution in [0.5, 0.6) is 5.75 Å². The molecule has 0 spiro atoms. The molecule has 2 aliphatic heterocycles. The molecule has 1 aromatic rings. The second kappa shape index (κ2) is 3.60. The van der Waals surface area contributed by atoms with E-state index in [0.29, 0.717) is 24.2 Å². The summed E-state index contributed by atoms with van der Waals surface area (Å²) in [7, 11) is 0. The van der Waals surface area contributed by atoms with Crippen molar-refractivity contribution in [2.45, 2.75) is 12.5 Å². The third-order valence-electron chi connectivity index (χ3n) is 3.31. The van der Waals surface area contributed by atoms with Crippen LogP contribution in [0.15, 0.2) is 30.4 Å². The van der Waals surface area contributed by atoms with Gasteiger partial charge in [-0.15, -0.1) is 0 Å². The first-order valence-corrected chi connectivity index (χ1v) is 5.68. The minimum absolute atomic E-state index is 0.00724. The number of hydrogen-bond acceptors (Lipinski definition) is 3. The van der Waals surface area contributed by atoms with Crippen LogP contribution in [-0.2, 0) is 4.79 Å². The maximum atomic E-state index is 12.3. The zero-order valence-corrected chi connectivity index (χ0v) is 9.64. The van der Waals surface area contributed by atoms with Gasteiger partial charge in [-0.1, -0.05) is 12.2 Å². The summed E-state index contributed by atoms with van der Waals surface area (Å²) < 4.78 is 0. The topological polar surface area (TPSA) is 69.6 Å². The Morgan fingerprint density at radius 1 is 1.39 bits per heavy atom. The number of phenolic OH excluding ortho intramolecular Hbond substituents is 1. The largest absolute Gasteiger partial charge is 0.508 e. The number of amides is 2. The molecule has 2 heterocycles. The molecule has 92 valence electrons. The van der Waals surface area contributed by atoms with Crippen LogP contribution in [0, 0.1) is 0 Å². The van der Waals surface area contributed by atoms with E-state index in [4.69, 9.17) is 0 Å². The zero-order chi connectivity index (χ0) is 12.9. The number of carbonyl (C=O) groups is 2. The maximum Gasteiger partial charge on any atom is 0.257 e. The number of aromatic hydroxyl groups is 1. The van der Waals surface area contributed by atoms with Gasteiger partial charge in [0.25, 0.3) is 5.91 Å². The number of anilines is 1. The molecule has 2 aliphatic rings. The van der Waals surface area contributed by atoms with Crippen molar-refractivity contribution in [2.75, 3.05) is 11.9 Å². The molecule has 0 saturated carbocycles. The van der Waals surface area contributed by atoms with Gasteiger partial charge >= 0.3 is 0 Å². The highest BCUT2D eigenvalue weighted by molar-refractivity contribution is 6.10. The molecule has 1 atom stereocenters. The lowest BCUT2D eigenvalue weighted by Crippen LogP contribution is -2.40. The van der Waals surface area contributed by atoms with Gasteiger partial charge in [0.15, 0.2) is 0 Å². The Labute approximate surface area is 104 Å². The third-order valence-corrected chi connectivity index (χ3v) is 3.31. The van der Waals surface area contributed by atoms with Crippen LogP contribution >= 0.6 is 0 Å². The van der Waals surface area contributed by atoms with Gasteiger partial charge in [-0.25, -0.2) is 0 Å². The lowest BCUT2D eigenvalue weighted by molar-refractivity contribution is -0.119. The van der Waals surface area contributed by atoms with E-state index < -0.39 is 6.04 Å². The summed E-state index contributed by atoms with van der Waals surface area (Å²) in [5, 5.41) is 12.2. The number of fused-ring (bicyclic) bond motifs is 2. The molecule has 2 N–H and O–H groups in total. The van der Waals surface area contributed by atoms with Gasteiger partial charge in [-0.05, 0) is 24.6 Å². The first kappa shape index (κ1) is 10.8. The summed E-state index contributed by atoms with van der Waals surface area (Å²) in [6, 6.07) is 3.88. The van der Waals surface area contributed by atoms with Crippen LogP contribution in [0.3, 0.4) is 0 Å². The molecule has 0 bridgehead atoms.